The van der Waals surface area contributed by atoms with Gasteiger partial charge in [0, 0.05) is 12.0 Å². The van der Waals surface area contributed by atoms with E-state index in [-0.39, 0.29) is 5.60 Å². The monoisotopic (exact) mass is 314 g/mol. The van der Waals surface area contributed by atoms with Crippen molar-refractivity contribution in [2.24, 2.45) is 0 Å². The van der Waals surface area contributed by atoms with Gasteiger partial charge in [0.25, 0.3) is 0 Å². The maximum Gasteiger partial charge on any atom is 0.120 e. The van der Waals surface area contributed by atoms with Gasteiger partial charge in [0.1, 0.15) is 11.4 Å². The molecule has 0 aliphatic carbocycles. The quantitative estimate of drug-likeness (QED) is 0.362. The lowest BCUT2D eigenvalue weighted by Crippen LogP contribution is -2.22. The molecule has 1 rings (SSSR count). The highest BCUT2D eigenvalue weighted by Crippen LogP contribution is 2.18. The van der Waals surface area contributed by atoms with E-state index in [9.17, 15) is 0 Å². The summed E-state index contributed by atoms with van der Waals surface area (Å²) in [7, 11) is 0. The molecule has 1 aromatic carbocycles. The summed E-state index contributed by atoms with van der Waals surface area (Å²) in [6.07, 6.45) is 11.9. The lowest BCUT2D eigenvalue weighted by atomic mass is 10.1. The number of rotatable bonds is 9. The van der Waals surface area contributed by atoms with E-state index in [1.807, 2.05) is 24.3 Å². The highest BCUT2D eigenvalue weighted by Gasteiger charge is 2.10. The minimum atomic E-state index is -0.149. The van der Waals surface area contributed by atoms with Crippen LogP contribution in [-0.2, 0) is 0 Å². The van der Waals surface area contributed by atoms with Crippen LogP contribution in [0.5, 0.6) is 5.75 Å². The Kier molecular flexibility index (Phi) is 9.53. The summed E-state index contributed by atoms with van der Waals surface area (Å²) in [6, 6.07) is 8.10. The maximum absolute atomic E-state index is 5.81. The lowest BCUT2D eigenvalue weighted by molar-refractivity contribution is 0.131. The van der Waals surface area contributed by atoms with E-state index < -0.39 is 0 Å². The molecule has 0 N–H and O–H groups in total. The van der Waals surface area contributed by atoms with Crippen molar-refractivity contribution in [3.8, 4) is 17.6 Å². The Balaban J connectivity index is 2.16. The summed E-state index contributed by atoms with van der Waals surface area (Å²) in [4.78, 5) is 0. The lowest BCUT2D eigenvalue weighted by Gasteiger charge is -2.21. The predicted molar refractivity (Wildman–Crippen MR) is 101 cm³/mol. The van der Waals surface area contributed by atoms with Crippen LogP contribution in [0.15, 0.2) is 24.3 Å². The zero-order valence-electron chi connectivity index (χ0n) is 15.6. The molecule has 0 amide bonds. The van der Waals surface area contributed by atoms with Crippen molar-refractivity contribution in [1.29, 1.82) is 0 Å². The predicted octanol–water partition coefficient (Wildman–Crippen LogP) is 6.75. The molecule has 0 aliphatic heterocycles. The van der Waals surface area contributed by atoms with Crippen LogP contribution in [0.25, 0.3) is 0 Å². The Bertz CT molecular complexity index is 467. The van der Waals surface area contributed by atoms with Crippen LogP contribution >= 0.6 is 0 Å². The van der Waals surface area contributed by atoms with Gasteiger partial charge in [0.05, 0.1) is 0 Å². The Morgan fingerprint density at radius 2 is 1.39 bits per heavy atom. The molecular formula is C22H34O. The van der Waals surface area contributed by atoms with Crippen LogP contribution in [0.3, 0.4) is 0 Å². The first-order valence-electron chi connectivity index (χ1n) is 9.29. The van der Waals surface area contributed by atoms with Crippen molar-refractivity contribution in [1.82, 2.24) is 0 Å². The molecule has 1 nitrogen and oxygen atoms in total. The number of hydrogen-bond acceptors (Lipinski definition) is 1. The van der Waals surface area contributed by atoms with Gasteiger partial charge in [-0.3, -0.25) is 0 Å². The van der Waals surface area contributed by atoms with Crippen molar-refractivity contribution in [2.75, 3.05) is 0 Å². The van der Waals surface area contributed by atoms with Gasteiger partial charge in [-0.1, -0.05) is 63.7 Å². The van der Waals surface area contributed by atoms with E-state index in [2.05, 4.69) is 39.5 Å². The van der Waals surface area contributed by atoms with Gasteiger partial charge >= 0.3 is 0 Å². The third-order valence-corrected chi connectivity index (χ3v) is 3.67. The summed E-state index contributed by atoms with van der Waals surface area (Å²) in [5.41, 5.74) is 0.926. The molecule has 1 aromatic rings. The minimum absolute atomic E-state index is 0.149. The molecule has 0 saturated carbocycles. The first kappa shape index (κ1) is 19.6. The van der Waals surface area contributed by atoms with Gasteiger partial charge in [0.2, 0.25) is 0 Å². The Morgan fingerprint density at radius 3 is 1.96 bits per heavy atom. The molecule has 0 aliphatic rings. The fourth-order valence-electron chi connectivity index (χ4n) is 2.47. The maximum atomic E-state index is 5.81. The second-order valence-corrected chi connectivity index (χ2v) is 7.27. The van der Waals surface area contributed by atoms with Gasteiger partial charge in [-0.25, -0.2) is 0 Å². The van der Waals surface area contributed by atoms with Gasteiger partial charge < -0.3 is 4.74 Å². The first-order valence-corrected chi connectivity index (χ1v) is 9.29. The van der Waals surface area contributed by atoms with Crippen LogP contribution < -0.4 is 4.74 Å². The molecule has 0 spiro atoms. The fourth-order valence-corrected chi connectivity index (χ4v) is 2.47. The highest BCUT2D eigenvalue weighted by molar-refractivity contribution is 5.38. The average molecular weight is 315 g/mol. The number of benzene rings is 1. The Morgan fingerprint density at radius 1 is 0.826 bits per heavy atom. The van der Waals surface area contributed by atoms with E-state index in [4.69, 9.17) is 4.74 Å². The summed E-state index contributed by atoms with van der Waals surface area (Å²) in [5.74, 6) is 7.45. The average Bonchev–Trinajstić information content (AvgIpc) is 2.49. The molecule has 0 atom stereocenters. The number of ether oxygens (including phenoxy) is 1. The molecule has 23 heavy (non-hydrogen) atoms. The van der Waals surface area contributed by atoms with Crippen molar-refractivity contribution < 1.29 is 4.74 Å². The zero-order valence-corrected chi connectivity index (χ0v) is 15.6. The van der Waals surface area contributed by atoms with Crippen molar-refractivity contribution in [3.05, 3.63) is 29.8 Å². The van der Waals surface area contributed by atoms with E-state index >= 15 is 0 Å². The van der Waals surface area contributed by atoms with Gasteiger partial charge in [-0.15, -0.1) is 0 Å². The van der Waals surface area contributed by atoms with E-state index in [1.165, 1.54) is 51.4 Å². The molecule has 0 radical (unpaired) electrons. The third kappa shape index (κ3) is 10.9. The van der Waals surface area contributed by atoms with Crippen molar-refractivity contribution in [3.63, 3.8) is 0 Å². The van der Waals surface area contributed by atoms with E-state index in [0.717, 1.165) is 17.7 Å². The van der Waals surface area contributed by atoms with E-state index in [1.54, 1.807) is 0 Å². The van der Waals surface area contributed by atoms with E-state index in [0.29, 0.717) is 0 Å². The topological polar surface area (TPSA) is 9.23 Å². The Hall–Kier alpha value is -1.42. The standard InChI is InChI=1S/C22H34O/c1-5-6-7-8-9-10-11-12-13-14-15-20-16-18-21(19-17-20)23-22(2,3)4/h16-19H,5-13H2,1-4H3. The highest BCUT2D eigenvalue weighted by atomic mass is 16.5. The molecule has 0 bridgehead atoms. The molecule has 0 unspecified atom stereocenters. The van der Waals surface area contributed by atoms with Crippen molar-refractivity contribution in [2.45, 2.75) is 91.1 Å². The summed E-state index contributed by atoms with van der Waals surface area (Å²) in [6.45, 7) is 8.45. The minimum Gasteiger partial charge on any atom is -0.488 e. The van der Waals surface area contributed by atoms with Crippen LogP contribution in [0.4, 0.5) is 0 Å². The van der Waals surface area contributed by atoms with Gasteiger partial charge in [0.15, 0.2) is 0 Å². The number of unbranched alkanes of at least 4 members (excludes halogenated alkanes) is 8. The smallest absolute Gasteiger partial charge is 0.120 e. The molecule has 1 heteroatoms. The second-order valence-electron chi connectivity index (χ2n) is 7.27. The largest absolute Gasteiger partial charge is 0.488 e. The molecule has 128 valence electrons. The van der Waals surface area contributed by atoms with Crippen LogP contribution in [-0.4, -0.2) is 5.60 Å². The van der Waals surface area contributed by atoms with Gasteiger partial charge in [-0.2, -0.15) is 0 Å². The summed E-state index contributed by atoms with van der Waals surface area (Å²) < 4.78 is 5.81. The summed E-state index contributed by atoms with van der Waals surface area (Å²) in [5, 5.41) is 0. The number of hydrogen-bond donors (Lipinski definition) is 0. The normalized spacial score (nSPS) is 11.0. The molecular weight excluding hydrogens is 280 g/mol. The Labute approximate surface area is 143 Å². The van der Waals surface area contributed by atoms with Crippen molar-refractivity contribution >= 4 is 0 Å². The molecule has 0 heterocycles. The molecule has 0 saturated heterocycles. The van der Waals surface area contributed by atoms with Crippen LogP contribution in [0.1, 0.15) is 91.0 Å². The van der Waals surface area contributed by atoms with Crippen LogP contribution in [0.2, 0.25) is 0 Å². The summed E-state index contributed by atoms with van der Waals surface area (Å²) >= 11 is 0. The fraction of sp³-hybridized carbons (Fsp3) is 0.636. The van der Waals surface area contributed by atoms with Gasteiger partial charge in [-0.05, 0) is 51.5 Å². The first-order chi connectivity index (χ1) is 11.0. The second kappa shape index (κ2) is 11.2. The van der Waals surface area contributed by atoms with Crippen LogP contribution in [0, 0.1) is 11.8 Å². The SMILES string of the molecule is CCCCCCCCCCC#Cc1ccc(OC(C)(C)C)cc1. The third-order valence-electron chi connectivity index (χ3n) is 3.67. The molecule has 0 aromatic heterocycles. The zero-order chi connectivity index (χ0) is 17.0. The molecule has 0 fully saturated rings.